The number of anilines is 1. The summed E-state index contributed by atoms with van der Waals surface area (Å²) in [5.41, 5.74) is 7.71. The van der Waals surface area contributed by atoms with Crippen molar-refractivity contribution in [1.29, 1.82) is 0 Å². The van der Waals surface area contributed by atoms with Crippen LogP contribution in [0.25, 0.3) is 11.1 Å². The van der Waals surface area contributed by atoms with Gasteiger partial charge in [0.15, 0.2) is 5.58 Å². The molecule has 0 bridgehead atoms. The van der Waals surface area contributed by atoms with Crippen molar-refractivity contribution in [2.45, 2.75) is 31.5 Å². The molecule has 2 rings (SSSR count). The number of carbonyl (C=O) groups is 1. The number of nitrogen functional groups attached to an aromatic ring is 1. The molecule has 19 heavy (non-hydrogen) atoms. The zero-order valence-corrected chi connectivity index (χ0v) is 11.8. The van der Waals surface area contributed by atoms with Crippen LogP contribution >= 0.6 is 11.8 Å². The lowest BCUT2D eigenvalue weighted by molar-refractivity contribution is -0.119. The van der Waals surface area contributed by atoms with Crippen molar-refractivity contribution < 1.29 is 9.21 Å². The van der Waals surface area contributed by atoms with Crippen LogP contribution < -0.4 is 11.1 Å². The summed E-state index contributed by atoms with van der Waals surface area (Å²) in [6.45, 7) is 4.01. The molecule has 1 atom stereocenters. The molecule has 2 aromatic rings. The lowest BCUT2D eigenvalue weighted by Gasteiger charge is -2.09. The van der Waals surface area contributed by atoms with Gasteiger partial charge in [0.1, 0.15) is 5.52 Å². The van der Waals surface area contributed by atoms with Crippen LogP contribution in [0.3, 0.4) is 0 Å². The number of thioether (sulfide) groups is 1. The van der Waals surface area contributed by atoms with Crippen molar-refractivity contribution >= 4 is 34.5 Å². The van der Waals surface area contributed by atoms with Gasteiger partial charge in [-0.3, -0.25) is 4.79 Å². The number of carbonyl (C=O) groups excluding carboxylic acids is 1. The molecule has 0 saturated carbocycles. The zero-order valence-electron chi connectivity index (χ0n) is 11.0. The standard InChI is InChI=1S/C13H17N3O2S/c1-3-8(2)15-12(17)7-19-13-16-10-6-9(14)4-5-11(10)18-13/h4-6,8H,3,7,14H2,1-2H3,(H,15,17). The van der Waals surface area contributed by atoms with Crippen LogP contribution in [0.2, 0.25) is 0 Å². The maximum Gasteiger partial charge on any atom is 0.257 e. The maximum absolute atomic E-state index is 11.6. The molecule has 0 spiro atoms. The number of hydrogen-bond acceptors (Lipinski definition) is 5. The van der Waals surface area contributed by atoms with Gasteiger partial charge in [0.2, 0.25) is 5.91 Å². The van der Waals surface area contributed by atoms with Crippen molar-refractivity contribution in [3.63, 3.8) is 0 Å². The fraction of sp³-hybridized carbons (Fsp3) is 0.385. The van der Waals surface area contributed by atoms with Gasteiger partial charge in [-0.15, -0.1) is 0 Å². The lowest BCUT2D eigenvalue weighted by Crippen LogP contribution is -2.33. The Hall–Kier alpha value is -1.69. The van der Waals surface area contributed by atoms with Crippen molar-refractivity contribution in [3.05, 3.63) is 18.2 Å². The van der Waals surface area contributed by atoms with Crippen molar-refractivity contribution in [1.82, 2.24) is 10.3 Å². The minimum Gasteiger partial charge on any atom is -0.431 e. The molecule has 102 valence electrons. The van der Waals surface area contributed by atoms with E-state index in [1.165, 1.54) is 11.8 Å². The zero-order chi connectivity index (χ0) is 13.8. The van der Waals surface area contributed by atoms with Gasteiger partial charge in [0.25, 0.3) is 5.22 Å². The Morgan fingerprint density at radius 1 is 1.58 bits per heavy atom. The SMILES string of the molecule is CCC(C)NC(=O)CSc1nc2cc(N)ccc2o1. The Labute approximate surface area is 115 Å². The van der Waals surface area contributed by atoms with E-state index in [0.717, 1.165) is 6.42 Å². The fourth-order valence-electron chi connectivity index (χ4n) is 1.53. The minimum absolute atomic E-state index is 0.0129. The molecule has 5 nitrogen and oxygen atoms in total. The summed E-state index contributed by atoms with van der Waals surface area (Å²) >= 11 is 1.28. The number of aromatic nitrogens is 1. The van der Waals surface area contributed by atoms with E-state index in [1.807, 2.05) is 13.8 Å². The van der Waals surface area contributed by atoms with E-state index in [-0.39, 0.29) is 11.9 Å². The largest absolute Gasteiger partial charge is 0.431 e. The Morgan fingerprint density at radius 3 is 3.11 bits per heavy atom. The van der Waals surface area contributed by atoms with Crippen LogP contribution in [0, 0.1) is 0 Å². The third-order valence-electron chi connectivity index (χ3n) is 2.74. The van der Waals surface area contributed by atoms with Gasteiger partial charge in [0, 0.05) is 11.7 Å². The molecule has 0 aliphatic carbocycles. The molecular weight excluding hydrogens is 262 g/mol. The summed E-state index contributed by atoms with van der Waals surface area (Å²) in [6, 6.07) is 5.48. The number of nitrogens with one attached hydrogen (secondary N) is 1. The van der Waals surface area contributed by atoms with E-state index in [0.29, 0.717) is 27.8 Å². The van der Waals surface area contributed by atoms with E-state index in [1.54, 1.807) is 18.2 Å². The molecule has 0 fully saturated rings. The van der Waals surface area contributed by atoms with E-state index < -0.39 is 0 Å². The first-order chi connectivity index (χ1) is 9.08. The van der Waals surface area contributed by atoms with Crippen LogP contribution in [0.4, 0.5) is 5.69 Å². The van der Waals surface area contributed by atoms with Gasteiger partial charge < -0.3 is 15.5 Å². The van der Waals surface area contributed by atoms with Crippen molar-refractivity contribution in [3.8, 4) is 0 Å². The molecule has 3 N–H and O–H groups in total. The first-order valence-corrected chi connectivity index (χ1v) is 7.15. The number of nitrogens with zero attached hydrogens (tertiary/aromatic N) is 1. The molecule has 0 aliphatic rings. The highest BCUT2D eigenvalue weighted by molar-refractivity contribution is 7.99. The summed E-state index contributed by atoms with van der Waals surface area (Å²) in [7, 11) is 0. The summed E-state index contributed by atoms with van der Waals surface area (Å²) in [5, 5.41) is 3.38. The third-order valence-corrected chi connectivity index (χ3v) is 3.57. The van der Waals surface area contributed by atoms with Crippen LogP contribution in [0.15, 0.2) is 27.8 Å². The summed E-state index contributed by atoms with van der Waals surface area (Å²) < 4.78 is 5.52. The van der Waals surface area contributed by atoms with E-state index >= 15 is 0 Å². The molecular formula is C13H17N3O2S. The van der Waals surface area contributed by atoms with Gasteiger partial charge in [0.05, 0.1) is 5.75 Å². The van der Waals surface area contributed by atoms with Gasteiger partial charge in [-0.05, 0) is 31.5 Å². The number of oxazole rings is 1. The number of benzene rings is 1. The molecule has 0 saturated heterocycles. The van der Waals surface area contributed by atoms with E-state index in [4.69, 9.17) is 10.2 Å². The van der Waals surface area contributed by atoms with Crippen molar-refractivity contribution in [2.75, 3.05) is 11.5 Å². The maximum atomic E-state index is 11.6. The average molecular weight is 279 g/mol. The van der Waals surface area contributed by atoms with Gasteiger partial charge >= 0.3 is 0 Å². The smallest absolute Gasteiger partial charge is 0.257 e. The molecule has 1 unspecified atom stereocenters. The predicted molar refractivity (Wildman–Crippen MR) is 77.0 cm³/mol. The topological polar surface area (TPSA) is 81.2 Å². The third kappa shape index (κ3) is 3.64. The van der Waals surface area contributed by atoms with Gasteiger partial charge in [-0.25, -0.2) is 4.98 Å². The molecule has 0 aliphatic heterocycles. The Bertz CT molecular complexity index is 582. The normalized spacial score (nSPS) is 12.5. The van der Waals surface area contributed by atoms with Crippen LogP contribution in [0.5, 0.6) is 0 Å². The predicted octanol–water partition coefficient (Wildman–Crippen LogP) is 2.42. The monoisotopic (exact) mass is 279 g/mol. The van der Waals surface area contributed by atoms with Crippen LogP contribution in [-0.4, -0.2) is 22.7 Å². The Balaban J connectivity index is 1.96. The second kappa shape index (κ2) is 5.97. The van der Waals surface area contributed by atoms with E-state index in [9.17, 15) is 4.79 Å². The number of nitrogens with two attached hydrogens (primary N) is 1. The highest BCUT2D eigenvalue weighted by Crippen LogP contribution is 2.24. The second-order valence-corrected chi connectivity index (χ2v) is 5.30. The minimum atomic E-state index is -0.0129. The number of amides is 1. The molecule has 1 heterocycles. The second-order valence-electron chi connectivity index (χ2n) is 4.37. The Kier molecular flexibility index (Phi) is 4.31. The fourth-order valence-corrected chi connectivity index (χ4v) is 2.18. The first kappa shape index (κ1) is 13.7. The first-order valence-electron chi connectivity index (χ1n) is 6.16. The molecule has 0 radical (unpaired) electrons. The van der Waals surface area contributed by atoms with Crippen molar-refractivity contribution in [2.24, 2.45) is 0 Å². The Morgan fingerprint density at radius 2 is 2.37 bits per heavy atom. The summed E-state index contributed by atoms with van der Waals surface area (Å²) in [5.74, 6) is 0.285. The molecule has 1 amide bonds. The summed E-state index contributed by atoms with van der Waals surface area (Å²) in [4.78, 5) is 15.9. The van der Waals surface area contributed by atoms with E-state index in [2.05, 4.69) is 10.3 Å². The van der Waals surface area contributed by atoms with Gasteiger partial charge in [-0.2, -0.15) is 0 Å². The number of hydrogen-bond donors (Lipinski definition) is 2. The molecule has 6 heteroatoms. The molecule has 1 aromatic carbocycles. The quantitative estimate of drug-likeness (QED) is 0.649. The highest BCUT2D eigenvalue weighted by atomic mass is 32.2. The van der Waals surface area contributed by atoms with Crippen LogP contribution in [0.1, 0.15) is 20.3 Å². The van der Waals surface area contributed by atoms with Crippen LogP contribution in [-0.2, 0) is 4.79 Å². The highest BCUT2D eigenvalue weighted by Gasteiger charge is 2.10. The average Bonchev–Trinajstić information content (AvgIpc) is 2.78. The number of fused-ring (bicyclic) bond motifs is 1. The molecule has 1 aromatic heterocycles. The van der Waals surface area contributed by atoms with Gasteiger partial charge in [-0.1, -0.05) is 18.7 Å². The summed E-state index contributed by atoms with van der Waals surface area (Å²) in [6.07, 6.45) is 0.915. The lowest BCUT2D eigenvalue weighted by atomic mass is 10.3. The number of rotatable bonds is 5.